The Morgan fingerprint density at radius 2 is 1.83 bits per heavy atom. The van der Waals surface area contributed by atoms with E-state index in [-0.39, 0.29) is 0 Å². The van der Waals surface area contributed by atoms with E-state index >= 15 is 0 Å². The van der Waals surface area contributed by atoms with E-state index in [1.165, 1.54) is 0 Å². The van der Waals surface area contributed by atoms with E-state index in [9.17, 15) is 4.79 Å². The fourth-order valence-electron chi connectivity index (χ4n) is 0.829. The molecular weight excluding hydrogens is 203 g/mol. The third-order valence-corrected chi connectivity index (χ3v) is 1.42. The first kappa shape index (κ1) is 14.3. The van der Waals surface area contributed by atoms with Crippen molar-refractivity contribution in [3.63, 3.8) is 0 Å². The van der Waals surface area contributed by atoms with Crippen molar-refractivity contribution in [2.75, 3.05) is 0 Å². The number of carbonyl (C=O) groups is 1. The van der Waals surface area contributed by atoms with E-state index in [4.69, 9.17) is 8.97 Å². The van der Waals surface area contributed by atoms with Gasteiger partial charge in [-0.2, -0.15) is 0 Å². The quantitative estimate of drug-likeness (QED) is 0.721. The van der Waals surface area contributed by atoms with Gasteiger partial charge in [0.2, 0.25) is 0 Å². The molecule has 0 amide bonds. The third kappa shape index (κ3) is 16.4. The predicted molar refractivity (Wildman–Crippen MR) is 41.6 cm³/mol. The molecule has 1 N–H and O–H groups in total. The first-order valence-electron chi connectivity index (χ1n) is 3.98. The van der Waals surface area contributed by atoms with Gasteiger partial charge in [-0.25, -0.2) is 0 Å². The zero-order valence-corrected chi connectivity index (χ0v) is 8.54. The molecule has 0 aromatic rings. The summed E-state index contributed by atoms with van der Waals surface area (Å²) in [4.78, 5) is 10.0. The van der Waals surface area contributed by atoms with Crippen molar-refractivity contribution < 1.29 is 29.4 Å². The Balaban J connectivity index is 0. The fraction of sp³-hybridized carbons (Fsp3) is 0.875. The molecule has 12 heavy (non-hydrogen) atoms. The monoisotopic (exact) mass is 219 g/mol. The molecule has 0 aliphatic carbocycles. The van der Waals surface area contributed by atoms with Crippen LogP contribution in [0.4, 0.5) is 0 Å². The molecule has 0 rings (SSSR count). The Labute approximate surface area is 81.3 Å². The zero-order valence-electron chi connectivity index (χ0n) is 7.50. The molecule has 0 unspecified atom stereocenters. The van der Waals surface area contributed by atoms with Gasteiger partial charge in [0, 0.05) is 6.42 Å². The molecule has 4 heteroatoms. The van der Waals surface area contributed by atoms with Crippen LogP contribution in [0.2, 0.25) is 0 Å². The maximum atomic E-state index is 10.0. The van der Waals surface area contributed by atoms with Crippen LogP contribution in [-0.4, -0.2) is 11.1 Å². The second kappa shape index (κ2) is 10.8. The number of unbranched alkanes of at least 4 members (excludes halogenated alkanes) is 1. The summed E-state index contributed by atoms with van der Waals surface area (Å²) in [6, 6.07) is 0. The number of aliphatic carboxylic acids is 1. The average Bonchev–Trinajstić information content (AvgIpc) is 2.02. The number of rotatable bonds is 5. The zero-order chi connectivity index (χ0) is 9.98. The maximum absolute atomic E-state index is 10.0. The van der Waals surface area contributed by atoms with E-state index in [0.717, 1.165) is 19.3 Å². The van der Waals surface area contributed by atoms with Gasteiger partial charge in [0.05, 0.1) is 0 Å². The van der Waals surface area contributed by atoms with Crippen LogP contribution in [0.5, 0.6) is 0 Å². The van der Waals surface area contributed by atoms with Crippen molar-refractivity contribution in [2.24, 2.45) is 5.92 Å². The summed E-state index contributed by atoms with van der Waals surface area (Å²) in [5, 5.41) is 8.28. The molecule has 0 aliphatic rings. The molecule has 0 aromatic heterocycles. The first-order valence-corrected chi connectivity index (χ1v) is 4.41. The Kier molecular flexibility index (Phi) is 12.8. The molecule has 0 radical (unpaired) electrons. The minimum absolute atomic E-state index is 0.326. The Bertz CT molecular complexity index is 115. The fourth-order valence-corrected chi connectivity index (χ4v) is 0.829. The summed E-state index contributed by atoms with van der Waals surface area (Å²) < 4.78 is 7.94. The van der Waals surface area contributed by atoms with Crippen molar-refractivity contribution in [3.8, 4) is 0 Å². The van der Waals surface area contributed by atoms with Gasteiger partial charge in [-0.05, 0) is 12.3 Å². The summed E-state index contributed by atoms with van der Waals surface area (Å²) >= 11 is 2.31. The molecule has 75 valence electrons. The van der Waals surface area contributed by atoms with Crippen molar-refractivity contribution in [3.05, 3.63) is 0 Å². The predicted octanol–water partition coefficient (Wildman–Crippen LogP) is 2.17. The molecule has 0 aliphatic heterocycles. The van der Waals surface area contributed by atoms with E-state index in [2.05, 4.69) is 29.5 Å². The van der Waals surface area contributed by atoms with E-state index in [1.54, 1.807) is 0 Å². The molecular formula is C8H16CoO3. The standard InChI is InChI=1S/C8H16O2.Co.O/c1-7(2)5-3-4-6-8(9)10;;/h7H,3-6H2,1-2H3,(H,9,10);;. The Morgan fingerprint density at radius 3 is 2.17 bits per heavy atom. The SMILES string of the molecule is CC(C)CCCCC(=O)O.[O]=[Co]. The number of carboxylic acid groups (broad SMARTS) is 1. The van der Waals surface area contributed by atoms with Crippen molar-refractivity contribution in [2.45, 2.75) is 39.5 Å². The van der Waals surface area contributed by atoms with Crippen LogP contribution in [0.1, 0.15) is 39.5 Å². The van der Waals surface area contributed by atoms with Crippen LogP contribution < -0.4 is 0 Å². The van der Waals surface area contributed by atoms with Gasteiger partial charge < -0.3 is 5.11 Å². The molecule has 0 heterocycles. The Hall–Kier alpha value is -0.224. The number of carboxylic acids is 1. The number of hydrogen-bond donors (Lipinski definition) is 1. The average molecular weight is 219 g/mol. The van der Waals surface area contributed by atoms with Crippen molar-refractivity contribution >= 4 is 5.97 Å². The van der Waals surface area contributed by atoms with E-state index in [1.807, 2.05) is 0 Å². The first-order chi connectivity index (χ1) is 5.63. The van der Waals surface area contributed by atoms with Crippen LogP contribution in [0, 0.1) is 5.92 Å². The summed E-state index contributed by atoms with van der Waals surface area (Å²) in [5.74, 6) is 0.0255. The molecule has 0 spiro atoms. The molecule has 3 nitrogen and oxygen atoms in total. The van der Waals surface area contributed by atoms with Crippen LogP contribution in [0.25, 0.3) is 0 Å². The van der Waals surface area contributed by atoms with Gasteiger partial charge in [0.15, 0.2) is 0 Å². The van der Waals surface area contributed by atoms with Crippen molar-refractivity contribution in [1.29, 1.82) is 0 Å². The van der Waals surface area contributed by atoms with Crippen LogP contribution in [0.15, 0.2) is 0 Å². The normalized spacial score (nSPS) is 9.00. The Morgan fingerprint density at radius 1 is 1.33 bits per heavy atom. The summed E-state index contributed by atoms with van der Waals surface area (Å²) in [5.41, 5.74) is 0. The van der Waals surface area contributed by atoms with Gasteiger partial charge in [0.1, 0.15) is 0 Å². The molecule has 0 bridgehead atoms. The van der Waals surface area contributed by atoms with E-state index < -0.39 is 5.97 Å². The molecule has 0 atom stereocenters. The second-order valence-corrected chi connectivity index (χ2v) is 3.03. The van der Waals surface area contributed by atoms with Gasteiger partial charge in [0.25, 0.3) is 0 Å². The van der Waals surface area contributed by atoms with Crippen LogP contribution in [-0.2, 0) is 24.3 Å². The van der Waals surface area contributed by atoms with Gasteiger partial charge >= 0.3 is 25.5 Å². The summed E-state index contributed by atoms with van der Waals surface area (Å²) in [6.45, 7) is 4.31. The second-order valence-electron chi connectivity index (χ2n) is 3.03. The number of hydrogen-bond acceptors (Lipinski definition) is 2. The van der Waals surface area contributed by atoms with Gasteiger partial charge in [-0.15, -0.1) is 0 Å². The molecule has 0 saturated heterocycles. The van der Waals surface area contributed by atoms with Gasteiger partial charge in [-0.3, -0.25) is 4.79 Å². The summed E-state index contributed by atoms with van der Waals surface area (Å²) in [6.07, 6.45) is 3.34. The van der Waals surface area contributed by atoms with Gasteiger partial charge in [-0.1, -0.05) is 26.7 Å². The van der Waals surface area contributed by atoms with Crippen LogP contribution in [0.3, 0.4) is 0 Å². The van der Waals surface area contributed by atoms with Crippen molar-refractivity contribution in [1.82, 2.24) is 0 Å². The van der Waals surface area contributed by atoms with Crippen LogP contribution >= 0.6 is 0 Å². The molecule has 0 aromatic carbocycles. The molecule has 0 saturated carbocycles. The third-order valence-electron chi connectivity index (χ3n) is 1.42. The molecule has 0 fully saturated rings. The van der Waals surface area contributed by atoms with E-state index in [0.29, 0.717) is 12.3 Å². The summed E-state index contributed by atoms with van der Waals surface area (Å²) in [7, 11) is 0. The topological polar surface area (TPSA) is 54.4 Å². The minimum atomic E-state index is -0.677.